The van der Waals surface area contributed by atoms with E-state index >= 15 is 0 Å². The standard InChI is InChI=1S/C16H10BrN3O3/c1-20-12-6-5-9(8-13(12)22-16(20)21)14-18-15(23-19-14)10-3-2-4-11(17)7-10/h2-8H,1H3. The van der Waals surface area contributed by atoms with E-state index in [0.717, 1.165) is 21.1 Å². The van der Waals surface area contributed by atoms with Crippen molar-refractivity contribution in [2.45, 2.75) is 0 Å². The maximum atomic E-state index is 11.5. The highest BCUT2D eigenvalue weighted by atomic mass is 79.9. The lowest BCUT2D eigenvalue weighted by atomic mass is 10.2. The molecule has 0 saturated carbocycles. The maximum Gasteiger partial charge on any atom is 0.419 e. The Balaban J connectivity index is 1.78. The van der Waals surface area contributed by atoms with Gasteiger partial charge in [-0.1, -0.05) is 27.2 Å². The average molecular weight is 372 g/mol. The Kier molecular flexibility index (Phi) is 3.16. The summed E-state index contributed by atoms with van der Waals surface area (Å²) >= 11 is 3.41. The molecule has 7 heteroatoms. The zero-order valence-electron chi connectivity index (χ0n) is 12.0. The molecule has 0 aliphatic carbocycles. The van der Waals surface area contributed by atoms with Gasteiger partial charge in [-0.05, 0) is 36.4 Å². The van der Waals surface area contributed by atoms with Crippen LogP contribution in [0.1, 0.15) is 0 Å². The molecule has 2 aromatic carbocycles. The summed E-state index contributed by atoms with van der Waals surface area (Å²) in [6.07, 6.45) is 0. The van der Waals surface area contributed by atoms with Crippen LogP contribution in [-0.2, 0) is 7.05 Å². The second kappa shape index (κ2) is 5.20. The molecule has 0 aliphatic heterocycles. The summed E-state index contributed by atoms with van der Waals surface area (Å²) in [6, 6.07) is 13.0. The molecule has 0 fully saturated rings. The number of halogens is 1. The molecule has 0 spiro atoms. The summed E-state index contributed by atoms with van der Waals surface area (Å²) in [4.78, 5) is 16.0. The van der Waals surface area contributed by atoms with E-state index in [1.807, 2.05) is 30.3 Å². The molecule has 0 N–H and O–H groups in total. The van der Waals surface area contributed by atoms with Gasteiger partial charge in [0.15, 0.2) is 5.58 Å². The minimum atomic E-state index is -0.403. The molecule has 0 saturated heterocycles. The molecule has 114 valence electrons. The first-order valence-electron chi connectivity index (χ1n) is 6.81. The van der Waals surface area contributed by atoms with Crippen molar-refractivity contribution >= 4 is 27.0 Å². The normalized spacial score (nSPS) is 11.2. The molecule has 23 heavy (non-hydrogen) atoms. The highest BCUT2D eigenvalue weighted by Gasteiger charge is 2.13. The van der Waals surface area contributed by atoms with E-state index < -0.39 is 5.76 Å². The smallest absolute Gasteiger partial charge is 0.408 e. The van der Waals surface area contributed by atoms with Gasteiger partial charge in [0.05, 0.1) is 5.52 Å². The van der Waals surface area contributed by atoms with Gasteiger partial charge < -0.3 is 8.94 Å². The molecule has 4 aromatic rings. The fourth-order valence-electron chi connectivity index (χ4n) is 2.35. The monoisotopic (exact) mass is 371 g/mol. The van der Waals surface area contributed by atoms with Crippen LogP contribution in [0, 0.1) is 0 Å². The number of rotatable bonds is 2. The first-order valence-corrected chi connectivity index (χ1v) is 7.61. The van der Waals surface area contributed by atoms with E-state index in [9.17, 15) is 4.79 Å². The third kappa shape index (κ3) is 2.39. The lowest BCUT2D eigenvalue weighted by Crippen LogP contribution is -2.08. The zero-order chi connectivity index (χ0) is 16.0. The molecular weight excluding hydrogens is 362 g/mol. The van der Waals surface area contributed by atoms with Gasteiger partial charge in [0.25, 0.3) is 5.89 Å². The second-order valence-corrected chi connectivity index (χ2v) is 5.96. The fraction of sp³-hybridized carbons (Fsp3) is 0.0625. The summed E-state index contributed by atoms with van der Waals surface area (Å²) in [6.45, 7) is 0. The van der Waals surface area contributed by atoms with Crippen LogP contribution in [0.15, 0.2) is 60.7 Å². The number of benzene rings is 2. The van der Waals surface area contributed by atoms with Crippen molar-refractivity contribution in [3.05, 3.63) is 57.5 Å². The minimum Gasteiger partial charge on any atom is -0.408 e. The zero-order valence-corrected chi connectivity index (χ0v) is 13.6. The third-order valence-corrected chi connectivity index (χ3v) is 4.04. The lowest BCUT2D eigenvalue weighted by molar-refractivity contribution is 0.432. The van der Waals surface area contributed by atoms with Gasteiger partial charge >= 0.3 is 5.76 Å². The number of hydrogen-bond acceptors (Lipinski definition) is 5. The topological polar surface area (TPSA) is 74.1 Å². The van der Waals surface area contributed by atoms with Gasteiger partial charge in [0.1, 0.15) is 0 Å². The van der Waals surface area contributed by atoms with E-state index in [4.69, 9.17) is 8.94 Å². The Morgan fingerprint density at radius 3 is 2.83 bits per heavy atom. The van der Waals surface area contributed by atoms with Gasteiger partial charge in [-0.25, -0.2) is 4.79 Å². The molecule has 2 aromatic heterocycles. The fourth-order valence-corrected chi connectivity index (χ4v) is 2.75. The summed E-state index contributed by atoms with van der Waals surface area (Å²) in [7, 11) is 1.66. The molecule has 0 amide bonds. The van der Waals surface area contributed by atoms with Crippen LogP contribution in [0.2, 0.25) is 0 Å². The molecule has 0 aliphatic rings. The molecule has 0 atom stereocenters. The maximum absolute atomic E-state index is 11.5. The molecule has 0 unspecified atom stereocenters. The number of nitrogens with zero attached hydrogens (tertiary/aromatic N) is 3. The van der Waals surface area contributed by atoms with Crippen LogP contribution >= 0.6 is 15.9 Å². The molecular formula is C16H10BrN3O3. The van der Waals surface area contributed by atoms with Crippen molar-refractivity contribution in [2.24, 2.45) is 7.05 Å². The number of aromatic nitrogens is 3. The first kappa shape index (κ1) is 14.0. The van der Waals surface area contributed by atoms with E-state index in [1.165, 1.54) is 4.57 Å². The summed E-state index contributed by atoms with van der Waals surface area (Å²) in [5.41, 5.74) is 2.75. The van der Waals surface area contributed by atoms with Crippen LogP contribution in [0.5, 0.6) is 0 Å². The Morgan fingerprint density at radius 2 is 2.00 bits per heavy atom. The predicted octanol–water partition coefficient (Wildman–Crippen LogP) is 3.61. The van der Waals surface area contributed by atoms with E-state index in [0.29, 0.717) is 17.3 Å². The number of fused-ring (bicyclic) bond motifs is 1. The highest BCUT2D eigenvalue weighted by Crippen LogP contribution is 2.26. The summed E-state index contributed by atoms with van der Waals surface area (Å²) in [5.74, 6) is 0.462. The van der Waals surface area contributed by atoms with Gasteiger partial charge in [-0.15, -0.1) is 0 Å². The molecule has 0 bridgehead atoms. The van der Waals surface area contributed by atoms with Crippen molar-refractivity contribution in [1.29, 1.82) is 0 Å². The highest BCUT2D eigenvalue weighted by molar-refractivity contribution is 9.10. The first-order chi connectivity index (χ1) is 11.1. The quantitative estimate of drug-likeness (QED) is 0.538. The van der Waals surface area contributed by atoms with Crippen LogP contribution in [0.25, 0.3) is 33.9 Å². The Labute approximate surface area is 138 Å². The van der Waals surface area contributed by atoms with Crippen molar-refractivity contribution in [1.82, 2.24) is 14.7 Å². The largest absolute Gasteiger partial charge is 0.419 e. The Hall–Kier alpha value is -2.67. The summed E-state index contributed by atoms with van der Waals surface area (Å²) in [5, 5.41) is 4.00. The lowest BCUT2D eigenvalue weighted by Gasteiger charge is -1.95. The van der Waals surface area contributed by atoms with E-state index in [-0.39, 0.29) is 0 Å². The van der Waals surface area contributed by atoms with Crippen LogP contribution in [0.3, 0.4) is 0 Å². The van der Waals surface area contributed by atoms with Gasteiger partial charge in [-0.2, -0.15) is 4.98 Å². The molecule has 2 heterocycles. The Morgan fingerprint density at radius 1 is 1.13 bits per heavy atom. The number of aryl methyl sites for hydroxylation is 1. The minimum absolute atomic E-state index is 0.403. The van der Waals surface area contributed by atoms with Crippen LogP contribution in [0.4, 0.5) is 0 Å². The third-order valence-electron chi connectivity index (χ3n) is 3.55. The average Bonchev–Trinajstić information content (AvgIpc) is 3.13. The number of hydrogen-bond donors (Lipinski definition) is 0. The second-order valence-electron chi connectivity index (χ2n) is 5.04. The molecule has 6 nitrogen and oxygen atoms in total. The van der Waals surface area contributed by atoms with Crippen molar-refractivity contribution in [3.63, 3.8) is 0 Å². The summed E-state index contributed by atoms with van der Waals surface area (Å²) < 4.78 is 12.9. The van der Waals surface area contributed by atoms with Crippen molar-refractivity contribution in [2.75, 3.05) is 0 Å². The predicted molar refractivity (Wildman–Crippen MR) is 87.9 cm³/mol. The molecule has 0 radical (unpaired) electrons. The van der Waals surface area contributed by atoms with E-state index in [1.54, 1.807) is 19.2 Å². The van der Waals surface area contributed by atoms with E-state index in [2.05, 4.69) is 26.1 Å². The van der Waals surface area contributed by atoms with Gasteiger partial charge in [0.2, 0.25) is 5.82 Å². The van der Waals surface area contributed by atoms with Crippen molar-refractivity contribution in [3.8, 4) is 22.8 Å². The molecule has 4 rings (SSSR count). The van der Waals surface area contributed by atoms with Crippen LogP contribution in [-0.4, -0.2) is 14.7 Å². The SMILES string of the molecule is Cn1c(=O)oc2cc(-c3noc(-c4cccc(Br)c4)n3)ccc21. The Bertz CT molecular complexity index is 1080. The van der Waals surface area contributed by atoms with Gasteiger partial charge in [-0.3, -0.25) is 4.57 Å². The van der Waals surface area contributed by atoms with Crippen LogP contribution < -0.4 is 5.76 Å². The number of oxazole rings is 1. The van der Waals surface area contributed by atoms with Crippen molar-refractivity contribution < 1.29 is 8.94 Å². The van der Waals surface area contributed by atoms with Gasteiger partial charge in [0, 0.05) is 22.6 Å².